The number of H-pyrrole nitrogens is 1. The Labute approximate surface area is 104 Å². The standard InChI is InChI=1S/C13H15N5/c14-9-2-1-8(5-9)11-6-16-12-7-17-13-10(18(11)12)3-4-15-13/h3-4,6-9,15H,1-2,5,14H2/t8-,9+/m1/s1. The Kier molecular flexibility index (Phi) is 1.99. The van der Waals surface area contributed by atoms with Crippen molar-refractivity contribution in [1.29, 1.82) is 0 Å². The molecule has 1 fully saturated rings. The lowest BCUT2D eigenvalue weighted by Crippen LogP contribution is -2.14. The van der Waals surface area contributed by atoms with Gasteiger partial charge in [-0.25, -0.2) is 9.97 Å². The summed E-state index contributed by atoms with van der Waals surface area (Å²) < 4.78 is 2.21. The number of aromatic nitrogens is 4. The zero-order chi connectivity index (χ0) is 12.1. The molecule has 3 N–H and O–H groups in total. The van der Waals surface area contributed by atoms with Crippen LogP contribution in [0.5, 0.6) is 0 Å². The maximum absolute atomic E-state index is 6.02. The van der Waals surface area contributed by atoms with Gasteiger partial charge in [-0.1, -0.05) is 0 Å². The van der Waals surface area contributed by atoms with Gasteiger partial charge in [0.15, 0.2) is 11.3 Å². The van der Waals surface area contributed by atoms with Crippen LogP contribution in [0.4, 0.5) is 0 Å². The summed E-state index contributed by atoms with van der Waals surface area (Å²) in [6, 6.07) is 2.39. The third kappa shape index (κ3) is 1.31. The van der Waals surface area contributed by atoms with Crippen molar-refractivity contribution >= 4 is 16.8 Å². The van der Waals surface area contributed by atoms with Crippen LogP contribution in [0.25, 0.3) is 16.8 Å². The van der Waals surface area contributed by atoms with Crippen molar-refractivity contribution in [3.05, 3.63) is 30.4 Å². The van der Waals surface area contributed by atoms with Gasteiger partial charge in [0.2, 0.25) is 0 Å². The fourth-order valence-corrected chi connectivity index (χ4v) is 3.07. The summed E-state index contributed by atoms with van der Waals surface area (Å²) in [5.74, 6) is 0.524. The number of imidazole rings is 1. The normalized spacial score (nSPS) is 24.3. The number of fused-ring (bicyclic) bond motifs is 3. The molecule has 4 rings (SSSR count). The van der Waals surface area contributed by atoms with Gasteiger partial charge < -0.3 is 10.7 Å². The Bertz CT molecular complexity index is 710. The average molecular weight is 241 g/mol. The van der Waals surface area contributed by atoms with Gasteiger partial charge in [-0.05, 0) is 25.3 Å². The maximum Gasteiger partial charge on any atom is 0.156 e. The van der Waals surface area contributed by atoms with Crippen LogP contribution in [-0.2, 0) is 0 Å². The number of nitrogens with two attached hydrogens (primary N) is 1. The quantitative estimate of drug-likeness (QED) is 0.682. The molecule has 2 atom stereocenters. The minimum atomic E-state index is 0.337. The average Bonchev–Trinajstić information content (AvgIpc) is 3.03. The van der Waals surface area contributed by atoms with E-state index in [0.717, 1.165) is 36.1 Å². The van der Waals surface area contributed by atoms with E-state index in [-0.39, 0.29) is 0 Å². The van der Waals surface area contributed by atoms with Crippen molar-refractivity contribution in [3.8, 4) is 0 Å². The Hall–Kier alpha value is -1.88. The molecule has 3 aromatic rings. The van der Waals surface area contributed by atoms with Gasteiger partial charge in [0, 0.05) is 30.0 Å². The molecule has 0 saturated heterocycles. The van der Waals surface area contributed by atoms with Crippen molar-refractivity contribution in [2.45, 2.75) is 31.2 Å². The zero-order valence-corrected chi connectivity index (χ0v) is 10.0. The van der Waals surface area contributed by atoms with Crippen molar-refractivity contribution in [2.24, 2.45) is 5.73 Å². The highest BCUT2D eigenvalue weighted by atomic mass is 15.1. The van der Waals surface area contributed by atoms with E-state index in [9.17, 15) is 0 Å². The highest BCUT2D eigenvalue weighted by Gasteiger charge is 2.26. The number of nitrogens with zero attached hydrogens (tertiary/aromatic N) is 3. The first-order valence-electron chi connectivity index (χ1n) is 6.38. The van der Waals surface area contributed by atoms with Gasteiger partial charge in [-0.15, -0.1) is 0 Å². The van der Waals surface area contributed by atoms with Crippen LogP contribution in [0.1, 0.15) is 30.9 Å². The van der Waals surface area contributed by atoms with Crippen molar-refractivity contribution in [3.63, 3.8) is 0 Å². The van der Waals surface area contributed by atoms with E-state index >= 15 is 0 Å². The molecular formula is C13H15N5. The SMILES string of the molecule is N[C@H]1CC[C@@H](c2cnc3cnc4[nH]ccc4n23)C1. The van der Waals surface area contributed by atoms with Gasteiger partial charge in [0.1, 0.15) is 0 Å². The third-order valence-corrected chi connectivity index (χ3v) is 3.96. The first-order valence-corrected chi connectivity index (χ1v) is 6.38. The van der Waals surface area contributed by atoms with Crippen LogP contribution in [-0.4, -0.2) is 25.4 Å². The van der Waals surface area contributed by atoms with Crippen LogP contribution < -0.4 is 5.73 Å². The molecule has 1 saturated carbocycles. The molecule has 0 unspecified atom stereocenters. The number of aromatic amines is 1. The highest BCUT2D eigenvalue weighted by molar-refractivity contribution is 5.74. The minimum Gasteiger partial charge on any atom is -0.345 e. The van der Waals surface area contributed by atoms with Crippen molar-refractivity contribution < 1.29 is 0 Å². The van der Waals surface area contributed by atoms with Crippen LogP contribution in [0.3, 0.4) is 0 Å². The maximum atomic E-state index is 6.02. The Balaban J connectivity index is 1.97. The molecule has 0 amide bonds. The van der Waals surface area contributed by atoms with E-state index in [2.05, 4.69) is 25.4 Å². The predicted molar refractivity (Wildman–Crippen MR) is 69.4 cm³/mol. The van der Waals surface area contributed by atoms with E-state index in [4.69, 9.17) is 5.73 Å². The molecule has 0 radical (unpaired) electrons. The second-order valence-electron chi connectivity index (χ2n) is 5.12. The summed E-state index contributed by atoms with van der Waals surface area (Å²) >= 11 is 0. The van der Waals surface area contributed by atoms with Gasteiger partial charge in [-0.3, -0.25) is 4.40 Å². The Morgan fingerprint density at radius 1 is 1.28 bits per heavy atom. The fraction of sp³-hybridized carbons (Fsp3) is 0.385. The van der Waals surface area contributed by atoms with Crippen LogP contribution in [0.2, 0.25) is 0 Å². The molecule has 0 spiro atoms. The number of rotatable bonds is 1. The van der Waals surface area contributed by atoms with Crippen LogP contribution in [0, 0.1) is 0 Å². The molecule has 18 heavy (non-hydrogen) atoms. The van der Waals surface area contributed by atoms with Crippen LogP contribution >= 0.6 is 0 Å². The van der Waals surface area contributed by atoms with Crippen molar-refractivity contribution in [1.82, 2.24) is 19.4 Å². The highest BCUT2D eigenvalue weighted by Crippen LogP contribution is 2.34. The molecule has 1 aliphatic carbocycles. The second kappa shape index (κ2) is 3.55. The summed E-state index contributed by atoms with van der Waals surface area (Å²) in [5.41, 5.74) is 10.2. The summed E-state index contributed by atoms with van der Waals surface area (Å²) in [6.45, 7) is 0. The molecule has 0 bridgehead atoms. The first kappa shape index (κ1) is 10.1. The molecule has 5 nitrogen and oxygen atoms in total. The molecular weight excluding hydrogens is 226 g/mol. The summed E-state index contributed by atoms with van der Waals surface area (Å²) in [5, 5.41) is 0. The molecule has 1 aliphatic rings. The van der Waals surface area contributed by atoms with E-state index < -0.39 is 0 Å². The predicted octanol–water partition coefficient (Wildman–Crippen LogP) is 1.81. The monoisotopic (exact) mass is 241 g/mol. The molecule has 0 aromatic carbocycles. The number of hydrogen-bond acceptors (Lipinski definition) is 3. The smallest absolute Gasteiger partial charge is 0.156 e. The Morgan fingerprint density at radius 2 is 2.22 bits per heavy atom. The first-order chi connectivity index (χ1) is 8.83. The summed E-state index contributed by atoms with van der Waals surface area (Å²) in [6.07, 6.45) is 9.04. The van der Waals surface area contributed by atoms with Gasteiger partial charge in [0.05, 0.1) is 11.7 Å². The van der Waals surface area contributed by atoms with Crippen molar-refractivity contribution in [2.75, 3.05) is 0 Å². The number of hydrogen-bond donors (Lipinski definition) is 2. The molecule has 92 valence electrons. The molecule has 3 heterocycles. The summed E-state index contributed by atoms with van der Waals surface area (Å²) in [4.78, 5) is 12.0. The van der Waals surface area contributed by atoms with E-state index in [0.29, 0.717) is 12.0 Å². The van der Waals surface area contributed by atoms with E-state index in [1.165, 1.54) is 5.69 Å². The fourth-order valence-electron chi connectivity index (χ4n) is 3.07. The molecule has 5 heteroatoms. The summed E-state index contributed by atoms with van der Waals surface area (Å²) in [7, 11) is 0. The minimum absolute atomic E-state index is 0.337. The second-order valence-corrected chi connectivity index (χ2v) is 5.12. The topological polar surface area (TPSA) is 72.0 Å². The third-order valence-electron chi connectivity index (χ3n) is 3.96. The van der Waals surface area contributed by atoms with Gasteiger partial charge >= 0.3 is 0 Å². The Morgan fingerprint density at radius 3 is 3.06 bits per heavy atom. The van der Waals surface area contributed by atoms with E-state index in [1.54, 1.807) is 0 Å². The molecule has 0 aliphatic heterocycles. The van der Waals surface area contributed by atoms with Crippen LogP contribution in [0.15, 0.2) is 24.7 Å². The lowest BCUT2D eigenvalue weighted by molar-refractivity contribution is 0.660. The molecule has 3 aromatic heterocycles. The number of nitrogens with one attached hydrogen (secondary N) is 1. The lowest BCUT2D eigenvalue weighted by atomic mass is 10.0. The van der Waals surface area contributed by atoms with Gasteiger partial charge in [-0.2, -0.15) is 0 Å². The van der Waals surface area contributed by atoms with Gasteiger partial charge in [0.25, 0.3) is 0 Å². The lowest BCUT2D eigenvalue weighted by Gasteiger charge is -2.09. The zero-order valence-electron chi connectivity index (χ0n) is 10.0. The largest absolute Gasteiger partial charge is 0.345 e. The van der Waals surface area contributed by atoms with E-state index in [1.807, 2.05) is 18.6 Å².